The molecule has 0 atom stereocenters. The molecule has 0 aromatic carbocycles. The number of ether oxygens (including phenoxy) is 1. The Morgan fingerprint density at radius 3 is 3.00 bits per heavy atom. The van der Waals surface area contributed by atoms with Gasteiger partial charge in [-0.2, -0.15) is 0 Å². The zero-order valence-electron chi connectivity index (χ0n) is 7.86. The average molecular weight is 181 g/mol. The van der Waals surface area contributed by atoms with Gasteiger partial charge in [-0.25, -0.2) is 0 Å². The van der Waals surface area contributed by atoms with Crippen molar-refractivity contribution in [1.29, 1.82) is 0 Å². The van der Waals surface area contributed by atoms with Crippen LogP contribution in [0.2, 0.25) is 0 Å². The summed E-state index contributed by atoms with van der Waals surface area (Å²) in [5, 5.41) is 8.60. The van der Waals surface area contributed by atoms with Gasteiger partial charge < -0.3 is 9.84 Å². The molecule has 0 fully saturated rings. The second kappa shape index (κ2) is 5.54. The lowest BCUT2D eigenvalue weighted by atomic mass is 10.2. The molecule has 0 spiro atoms. The van der Waals surface area contributed by atoms with Crippen LogP contribution in [0.15, 0.2) is 18.3 Å². The number of hydrogen-bond donors (Lipinski definition) is 1. The maximum Gasteiger partial charge on any atom is 0.122 e. The van der Waals surface area contributed by atoms with Crippen LogP contribution in [0.4, 0.5) is 0 Å². The Labute approximate surface area is 78.4 Å². The Bertz CT molecular complexity index is 250. The van der Waals surface area contributed by atoms with E-state index in [0.29, 0.717) is 0 Å². The number of pyridine rings is 1. The molecular weight excluding hydrogens is 166 g/mol. The molecule has 0 unspecified atom stereocenters. The van der Waals surface area contributed by atoms with Crippen molar-refractivity contribution < 1.29 is 9.84 Å². The monoisotopic (exact) mass is 181 g/mol. The van der Waals surface area contributed by atoms with Gasteiger partial charge >= 0.3 is 0 Å². The van der Waals surface area contributed by atoms with Crippen LogP contribution < -0.4 is 4.74 Å². The van der Waals surface area contributed by atoms with Crippen molar-refractivity contribution in [3.05, 3.63) is 24.0 Å². The van der Waals surface area contributed by atoms with Crippen LogP contribution in [0.3, 0.4) is 0 Å². The lowest BCUT2D eigenvalue weighted by Gasteiger charge is -2.02. The fraction of sp³-hybridized carbons (Fsp3) is 0.500. The van der Waals surface area contributed by atoms with Gasteiger partial charge in [-0.15, -0.1) is 0 Å². The molecule has 0 saturated carbocycles. The number of nitrogens with zero attached hydrogens (tertiary/aromatic N) is 1. The summed E-state index contributed by atoms with van der Waals surface area (Å²) in [7, 11) is 1.65. The Morgan fingerprint density at radius 2 is 2.31 bits per heavy atom. The molecule has 0 saturated heterocycles. The van der Waals surface area contributed by atoms with Crippen molar-refractivity contribution in [2.24, 2.45) is 0 Å². The van der Waals surface area contributed by atoms with E-state index in [2.05, 4.69) is 4.98 Å². The third-order valence-corrected chi connectivity index (χ3v) is 1.86. The van der Waals surface area contributed by atoms with E-state index >= 15 is 0 Å². The molecule has 1 N–H and O–H groups in total. The molecule has 3 nitrogen and oxygen atoms in total. The Hall–Kier alpha value is -1.09. The molecule has 13 heavy (non-hydrogen) atoms. The molecule has 1 aromatic rings. The summed E-state index contributed by atoms with van der Waals surface area (Å²) in [6, 6.07) is 3.76. The number of aryl methyl sites for hydroxylation is 1. The summed E-state index contributed by atoms with van der Waals surface area (Å²) in [6.45, 7) is 0.254. The second-order valence-electron chi connectivity index (χ2n) is 2.87. The molecule has 72 valence electrons. The average Bonchev–Trinajstić information content (AvgIpc) is 2.19. The molecule has 3 heteroatoms. The first-order chi connectivity index (χ1) is 6.36. The highest BCUT2D eigenvalue weighted by atomic mass is 16.5. The van der Waals surface area contributed by atoms with Crippen molar-refractivity contribution in [3.63, 3.8) is 0 Å². The third-order valence-electron chi connectivity index (χ3n) is 1.86. The van der Waals surface area contributed by atoms with Gasteiger partial charge in [0.15, 0.2) is 0 Å². The Kier molecular flexibility index (Phi) is 4.26. The second-order valence-corrected chi connectivity index (χ2v) is 2.87. The van der Waals surface area contributed by atoms with Crippen LogP contribution in [0.1, 0.15) is 18.5 Å². The molecule has 1 aromatic heterocycles. The Balaban J connectivity index is 2.46. The quantitative estimate of drug-likeness (QED) is 0.698. The summed E-state index contributed by atoms with van der Waals surface area (Å²) in [5.41, 5.74) is 1.02. The van der Waals surface area contributed by atoms with E-state index in [9.17, 15) is 0 Å². The van der Waals surface area contributed by atoms with Gasteiger partial charge in [0, 0.05) is 24.6 Å². The summed E-state index contributed by atoms with van der Waals surface area (Å²) in [4.78, 5) is 4.20. The van der Waals surface area contributed by atoms with Gasteiger partial charge in [0.1, 0.15) is 5.75 Å². The van der Waals surface area contributed by atoms with Gasteiger partial charge in [0.25, 0.3) is 0 Å². The molecule has 0 amide bonds. The maximum atomic E-state index is 8.60. The van der Waals surface area contributed by atoms with Gasteiger partial charge in [-0.3, -0.25) is 4.98 Å². The first kappa shape index (κ1) is 9.99. The first-order valence-electron chi connectivity index (χ1n) is 4.46. The lowest BCUT2D eigenvalue weighted by Crippen LogP contribution is -1.93. The van der Waals surface area contributed by atoms with Crippen molar-refractivity contribution in [3.8, 4) is 5.75 Å². The number of methoxy groups -OCH3 is 1. The van der Waals surface area contributed by atoms with Crippen LogP contribution >= 0.6 is 0 Å². The summed E-state index contributed by atoms with van der Waals surface area (Å²) in [5.74, 6) is 0.842. The van der Waals surface area contributed by atoms with E-state index in [-0.39, 0.29) is 6.61 Å². The van der Waals surface area contributed by atoms with E-state index in [1.54, 1.807) is 13.3 Å². The predicted octanol–water partition coefficient (Wildman–Crippen LogP) is 1.41. The predicted molar refractivity (Wildman–Crippen MR) is 50.8 cm³/mol. The largest absolute Gasteiger partial charge is 0.497 e. The highest BCUT2D eigenvalue weighted by Gasteiger charge is 1.96. The molecule has 0 aliphatic rings. The SMILES string of the molecule is COc1ccnc(CCCCO)c1. The molecule has 0 aliphatic carbocycles. The molecule has 1 heterocycles. The van der Waals surface area contributed by atoms with E-state index in [1.807, 2.05) is 12.1 Å². The molecule has 0 radical (unpaired) electrons. The van der Waals surface area contributed by atoms with Crippen LogP contribution in [0, 0.1) is 0 Å². The minimum absolute atomic E-state index is 0.254. The van der Waals surface area contributed by atoms with Crippen molar-refractivity contribution in [1.82, 2.24) is 4.98 Å². The first-order valence-corrected chi connectivity index (χ1v) is 4.46. The van der Waals surface area contributed by atoms with Crippen LogP contribution in [0.5, 0.6) is 5.75 Å². The van der Waals surface area contributed by atoms with Crippen molar-refractivity contribution >= 4 is 0 Å². The fourth-order valence-electron chi connectivity index (χ4n) is 1.14. The summed E-state index contributed by atoms with van der Waals surface area (Å²) < 4.78 is 5.07. The number of aliphatic hydroxyl groups excluding tert-OH is 1. The van der Waals surface area contributed by atoms with Crippen LogP contribution in [0.25, 0.3) is 0 Å². The van der Waals surface area contributed by atoms with E-state index in [0.717, 1.165) is 30.7 Å². The standard InChI is InChI=1S/C10H15NO2/c1-13-10-5-6-11-9(8-10)4-2-3-7-12/h5-6,8,12H,2-4,7H2,1H3. The van der Waals surface area contributed by atoms with E-state index < -0.39 is 0 Å². The number of rotatable bonds is 5. The number of unbranched alkanes of at least 4 members (excludes halogenated alkanes) is 1. The molecule has 0 aliphatic heterocycles. The molecule has 1 rings (SSSR count). The maximum absolute atomic E-state index is 8.60. The molecular formula is C10H15NO2. The van der Waals surface area contributed by atoms with Gasteiger partial charge in [-0.1, -0.05) is 0 Å². The van der Waals surface area contributed by atoms with Gasteiger partial charge in [-0.05, 0) is 25.3 Å². The highest BCUT2D eigenvalue weighted by molar-refractivity contribution is 5.22. The minimum atomic E-state index is 0.254. The normalized spacial score (nSPS) is 10.0. The molecule has 0 bridgehead atoms. The van der Waals surface area contributed by atoms with Crippen LogP contribution in [-0.4, -0.2) is 23.8 Å². The fourth-order valence-corrected chi connectivity index (χ4v) is 1.14. The smallest absolute Gasteiger partial charge is 0.122 e. The number of hydrogen-bond acceptors (Lipinski definition) is 3. The van der Waals surface area contributed by atoms with E-state index in [1.165, 1.54) is 0 Å². The lowest BCUT2D eigenvalue weighted by molar-refractivity contribution is 0.284. The number of aliphatic hydroxyl groups is 1. The van der Waals surface area contributed by atoms with Gasteiger partial charge in [0.05, 0.1) is 7.11 Å². The van der Waals surface area contributed by atoms with Gasteiger partial charge in [0.2, 0.25) is 0 Å². The Morgan fingerprint density at radius 1 is 1.46 bits per heavy atom. The summed E-state index contributed by atoms with van der Waals surface area (Å²) in [6.07, 6.45) is 4.44. The topological polar surface area (TPSA) is 42.4 Å². The third kappa shape index (κ3) is 3.42. The minimum Gasteiger partial charge on any atom is -0.497 e. The van der Waals surface area contributed by atoms with Crippen molar-refractivity contribution in [2.45, 2.75) is 19.3 Å². The van der Waals surface area contributed by atoms with Crippen LogP contribution in [-0.2, 0) is 6.42 Å². The zero-order chi connectivity index (χ0) is 9.52. The highest BCUT2D eigenvalue weighted by Crippen LogP contribution is 2.11. The van der Waals surface area contributed by atoms with E-state index in [4.69, 9.17) is 9.84 Å². The van der Waals surface area contributed by atoms with Crippen molar-refractivity contribution in [2.75, 3.05) is 13.7 Å². The summed E-state index contributed by atoms with van der Waals surface area (Å²) >= 11 is 0. The zero-order valence-corrected chi connectivity index (χ0v) is 7.86. The number of aromatic nitrogens is 1.